The van der Waals surface area contributed by atoms with E-state index in [0.717, 1.165) is 12.8 Å². The van der Waals surface area contributed by atoms with E-state index in [1.54, 1.807) is 0 Å². The molecule has 0 fully saturated rings. The SMILES string of the molecule is CCCc1ccc(OC(COC)C(=O)NN)cc1. The highest BCUT2D eigenvalue weighted by molar-refractivity contribution is 5.80. The lowest BCUT2D eigenvalue weighted by Gasteiger charge is -2.16. The maximum Gasteiger partial charge on any atom is 0.277 e. The van der Waals surface area contributed by atoms with Crippen LogP contribution < -0.4 is 16.0 Å². The first kappa shape index (κ1) is 14.5. The molecular formula is C13H20N2O3. The lowest BCUT2D eigenvalue weighted by molar-refractivity contribution is -0.130. The van der Waals surface area contributed by atoms with E-state index in [9.17, 15) is 4.79 Å². The Hall–Kier alpha value is -1.59. The van der Waals surface area contributed by atoms with E-state index in [-0.39, 0.29) is 6.61 Å². The number of ether oxygens (including phenoxy) is 2. The minimum Gasteiger partial charge on any atom is -0.478 e. The summed E-state index contributed by atoms with van der Waals surface area (Å²) in [7, 11) is 1.50. The Morgan fingerprint density at radius 1 is 1.39 bits per heavy atom. The number of aryl methyl sites for hydroxylation is 1. The van der Waals surface area contributed by atoms with Crippen molar-refractivity contribution in [2.75, 3.05) is 13.7 Å². The van der Waals surface area contributed by atoms with Crippen LogP contribution in [0.3, 0.4) is 0 Å². The van der Waals surface area contributed by atoms with Crippen LogP contribution in [0, 0.1) is 0 Å². The van der Waals surface area contributed by atoms with Crippen molar-refractivity contribution in [2.45, 2.75) is 25.9 Å². The Balaban J connectivity index is 2.65. The van der Waals surface area contributed by atoms with Gasteiger partial charge in [0.15, 0.2) is 0 Å². The highest BCUT2D eigenvalue weighted by atomic mass is 16.5. The highest BCUT2D eigenvalue weighted by Gasteiger charge is 2.19. The average Bonchev–Trinajstić information content (AvgIpc) is 2.40. The number of nitrogens with one attached hydrogen (secondary N) is 1. The second kappa shape index (κ2) is 7.68. The average molecular weight is 252 g/mol. The largest absolute Gasteiger partial charge is 0.478 e. The number of carbonyl (C=O) groups excluding carboxylic acids is 1. The van der Waals surface area contributed by atoms with Crippen molar-refractivity contribution in [3.63, 3.8) is 0 Å². The van der Waals surface area contributed by atoms with Crippen molar-refractivity contribution < 1.29 is 14.3 Å². The van der Waals surface area contributed by atoms with Crippen LogP contribution in [-0.4, -0.2) is 25.7 Å². The molecule has 0 saturated carbocycles. The number of benzene rings is 1. The van der Waals surface area contributed by atoms with Gasteiger partial charge in [0.25, 0.3) is 5.91 Å². The van der Waals surface area contributed by atoms with Gasteiger partial charge in [-0.1, -0.05) is 25.5 Å². The minimum atomic E-state index is -0.739. The van der Waals surface area contributed by atoms with Crippen molar-refractivity contribution in [1.29, 1.82) is 0 Å². The number of rotatable bonds is 7. The van der Waals surface area contributed by atoms with Crippen LogP contribution in [-0.2, 0) is 16.0 Å². The number of methoxy groups -OCH3 is 1. The first-order valence-corrected chi connectivity index (χ1v) is 5.96. The zero-order valence-electron chi connectivity index (χ0n) is 10.8. The van der Waals surface area contributed by atoms with E-state index in [1.807, 2.05) is 24.3 Å². The molecule has 3 N–H and O–H groups in total. The molecule has 1 rings (SSSR count). The first-order chi connectivity index (χ1) is 8.71. The van der Waals surface area contributed by atoms with E-state index in [4.69, 9.17) is 15.3 Å². The Bertz CT molecular complexity index is 365. The summed E-state index contributed by atoms with van der Waals surface area (Å²) in [6.45, 7) is 2.28. The van der Waals surface area contributed by atoms with Crippen molar-refractivity contribution in [1.82, 2.24) is 5.43 Å². The molecule has 0 spiro atoms. The summed E-state index contributed by atoms with van der Waals surface area (Å²) in [6.07, 6.45) is 1.39. The molecule has 1 unspecified atom stereocenters. The molecule has 0 saturated heterocycles. The number of hydrazine groups is 1. The fourth-order valence-electron chi connectivity index (χ4n) is 1.60. The summed E-state index contributed by atoms with van der Waals surface area (Å²) < 4.78 is 10.4. The van der Waals surface area contributed by atoms with Crippen LogP contribution in [0.1, 0.15) is 18.9 Å². The van der Waals surface area contributed by atoms with E-state index < -0.39 is 12.0 Å². The van der Waals surface area contributed by atoms with Gasteiger partial charge in [-0.3, -0.25) is 10.2 Å². The fourth-order valence-corrected chi connectivity index (χ4v) is 1.60. The summed E-state index contributed by atoms with van der Waals surface area (Å²) >= 11 is 0. The molecule has 0 aromatic heterocycles. The molecule has 0 heterocycles. The monoisotopic (exact) mass is 252 g/mol. The summed E-state index contributed by atoms with van der Waals surface area (Å²) in [6, 6.07) is 7.67. The third-order valence-electron chi connectivity index (χ3n) is 2.49. The molecule has 0 aliphatic carbocycles. The summed E-state index contributed by atoms with van der Waals surface area (Å²) in [5, 5.41) is 0. The molecule has 18 heavy (non-hydrogen) atoms. The summed E-state index contributed by atoms with van der Waals surface area (Å²) in [4.78, 5) is 11.4. The Morgan fingerprint density at radius 3 is 2.56 bits per heavy atom. The zero-order chi connectivity index (χ0) is 13.4. The van der Waals surface area contributed by atoms with Gasteiger partial charge in [0.2, 0.25) is 6.10 Å². The minimum absolute atomic E-state index is 0.153. The number of hydrogen-bond acceptors (Lipinski definition) is 4. The van der Waals surface area contributed by atoms with Gasteiger partial charge >= 0.3 is 0 Å². The maximum atomic E-state index is 11.4. The third-order valence-corrected chi connectivity index (χ3v) is 2.49. The van der Waals surface area contributed by atoms with Gasteiger partial charge in [0.1, 0.15) is 5.75 Å². The van der Waals surface area contributed by atoms with E-state index in [0.29, 0.717) is 5.75 Å². The first-order valence-electron chi connectivity index (χ1n) is 5.96. The number of hydrogen-bond donors (Lipinski definition) is 2. The quantitative estimate of drug-likeness (QED) is 0.432. The normalized spacial score (nSPS) is 11.9. The standard InChI is InChI=1S/C13H20N2O3/c1-3-4-10-5-7-11(8-6-10)18-12(9-17-2)13(16)15-14/h5-8,12H,3-4,9,14H2,1-2H3,(H,15,16). The molecule has 5 nitrogen and oxygen atoms in total. The molecule has 1 amide bonds. The lowest BCUT2D eigenvalue weighted by Crippen LogP contribution is -2.44. The van der Waals surface area contributed by atoms with Crippen molar-refractivity contribution in [3.8, 4) is 5.75 Å². The highest BCUT2D eigenvalue weighted by Crippen LogP contribution is 2.15. The third kappa shape index (κ3) is 4.35. The van der Waals surface area contributed by atoms with Gasteiger partial charge in [-0.25, -0.2) is 5.84 Å². The molecular weight excluding hydrogens is 232 g/mol. The zero-order valence-corrected chi connectivity index (χ0v) is 10.8. The predicted molar refractivity (Wildman–Crippen MR) is 69.1 cm³/mol. The molecule has 1 aromatic carbocycles. The van der Waals surface area contributed by atoms with Crippen molar-refractivity contribution in [3.05, 3.63) is 29.8 Å². The molecule has 5 heteroatoms. The second-order valence-corrected chi connectivity index (χ2v) is 3.96. The van der Waals surface area contributed by atoms with Crippen LogP contribution in [0.2, 0.25) is 0 Å². The second-order valence-electron chi connectivity index (χ2n) is 3.96. The maximum absolute atomic E-state index is 11.4. The Morgan fingerprint density at radius 2 is 2.06 bits per heavy atom. The van der Waals surface area contributed by atoms with Gasteiger partial charge in [-0.2, -0.15) is 0 Å². The molecule has 0 radical (unpaired) electrons. The van der Waals surface area contributed by atoms with Crippen molar-refractivity contribution >= 4 is 5.91 Å². The molecule has 1 aromatic rings. The summed E-state index contributed by atoms with van der Waals surface area (Å²) in [5.74, 6) is 5.30. The van der Waals surface area contributed by atoms with Crippen LogP contribution in [0.15, 0.2) is 24.3 Å². The number of amides is 1. The smallest absolute Gasteiger partial charge is 0.277 e. The fraction of sp³-hybridized carbons (Fsp3) is 0.462. The molecule has 1 atom stereocenters. The van der Waals surface area contributed by atoms with Gasteiger partial charge in [-0.05, 0) is 24.1 Å². The Labute approximate surface area is 107 Å². The van der Waals surface area contributed by atoms with E-state index in [1.165, 1.54) is 12.7 Å². The van der Waals surface area contributed by atoms with Gasteiger partial charge in [-0.15, -0.1) is 0 Å². The van der Waals surface area contributed by atoms with Crippen LogP contribution in [0.25, 0.3) is 0 Å². The van der Waals surface area contributed by atoms with Crippen molar-refractivity contribution in [2.24, 2.45) is 5.84 Å². The van der Waals surface area contributed by atoms with E-state index in [2.05, 4.69) is 12.3 Å². The molecule has 0 bridgehead atoms. The summed E-state index contributed by atoms with van der Waals surface area (Å²) in [5.41, 5.74) is 3.30. The van der Waals surface area contributed by atoms with Crippen LogP contribution >= 0.6 is 0 Å². The van der Waals surface area contributed by atoms with Gasteiger partial charge < -0.3 is 9.47 Å². The number of carbonyl (C=O) groups is 1. The predicted octanol–water partition coefficient (Wildman–Crippen LogP) is 1.02. The van der Waals surface area contributed by atoms with Gasteiger partial charge in [0, 0.05) is 7.11 Å². The number of nitrogens with two attached hydrogens (primary N) is 1. The lowest BCUT2D eigenvalue weighted by atomic mass is 10.1. The topological polar surface area (TPSA) is 73.6 Å². The molecule has 100 valence electrons. The Kier molecular flexibility index (Phi) is 6.18. The van der Waals surface area contributed by atoms with Gasteiger partial charge in [0.05, 0.1) is 6.61 Å². The van der Waals surface area contributed by atoms with Crippen LogP contribution in [0.4, 0.5) is 0 Å². The molecule has 0 aliphatic rings. The van der Waals surface area contributed by atoms with E-state index >= 15 is 0 Å². The molecule has 0 aliphatic heterocycles. The van der Waals surface area contributed by atoms with Crippen LogP contribution in [0.5, 0.6) is 5.75 Å².